The number of hydrogen-bond acceptors (Lipinski definition) is 0. The first-order chi connectivity index (χ1) is 13.5. The van der Waals surface area contributed by atoms with Gasteiger partial charge in [-0.3, -0.25) is 0 Å². The Labute approximate surface area is 163 Å². The molecule has 0 aliphatic heterocycles. The van der Waals surface area contributed by atoms with Gasteiger partial charge in [0, 0.05) is 6.07 Å². The van der Waals surface area contributed by atoms with Crippen molar-refractivity contribution in [3.8, 4) is 0 Å². The second kappa shape index (κ2) is 7.73. The van der Waals surface area contributed by atoms with E-state index in [2.05, 4.69) is 19.1 Å². The second-order valence-corrected chi connectivity index (χ2v) is 8.04. The van der Waals surface area contributed by atoms with E-state index in [0.29, 0.717) is 12.0 Å². The maximum atomic E-state index is 14.3. The van der Waals surface area contributed by atoms with Gasteiger partial charge in [-0.2, -0.15) is 0 Å². The minimum absolute atomic E-state index is 0.0103. The van der Waals surface area contributed by atoms with Crippen molar-refractivity contribution >= 4 is 0 Å². The van der Waals surface area contributed by atoms with Crippen molar-refractivity contribution in [3.63, 3.8) is 0 Å². The molecule has 2 aromatic rings. The van der Waals surface area contributed by atoms with Crippen molar-refractivity contribution < 1.29 is 17.6 Å². The largest absolute Gasteiger partial charge is 0.207 e. The van der Waals surface area contributed by atoms with Crippen LogP contribution in [0, 0.1) is 35.1 Å². The lowest BCUT2D eigenvalue weighted by molar-refractivity contribution is 0.193. The van der Waals surface area contributed by atoms with Gasteiger partial charge in [-0.25, -0.2) is 17.6 Å². The first-order valence-corrected chi connectivity index (χ1v) is 10.1. The van der Waals surface area contributed by atoms with Gasteiger partial charge in [0.05, 0.1) is 0 Å². The number of rotatable bonds is 3. The highest BCUT2D eigenvalue weighted by Gasteiger charge is 2.43. The van der Waals surface area contributed by atoms with Crippen LogP contribution in [-0.2, 0) is 6.42 Å². The average Bonchev–Trinajstić information content (AvgIpc) is 2.67. The summed E-state index contributed by atoms with van der Waals surface area (Å²) >= 11 is 0. The Hall–Kier alpha value is -2.10. The molecule has 0 saturated heterocycles. The predicted octanol–water partition coefficient (Wildman–Crippen LogP) is 7.05. The monoisotopic (exact) mass is 388 g/mol. The van der Waals surface area contributed by atoms with Gasteiger partial charge >= 0.3 is 0 Å². The molecule has 4 unspecified atom stereocenters. The lowest BCUT2D eigenvalue weighted by Gasteiger charge is -2.46. The van der Waals surface area contributed by atoms with Gasteiger partial charge in [0.25, 0.3) is 0 Å². The summed E-state index contributed by atoms with van der Waals surface area (Å²) in [5.41, 5.74) is 2.16. The summed E-state index contributed by atoms with van der Waals surface area (Å²) in [4.78, 5) is 0. The fourth-order valence-corrected chi connectivity index (χ4v) is 5.37. The third-order valence-corrected chi connectivity index (χ3v) is 6.52. The molecule has 0 bridgehead atoms. The highest BCUT2D eigenvalue weighted by Crippen LogP contribution is 2.54. The Balaban J connectivity index is 1.78. The van der Waals surface area contributed by atoms with Crippen molar-refractivity contribution in [3.05, 3.63) is 82.4 Å². The molecule has 2 aliphatic rings. The molecule has 0 radical (unpaired) electrons. The molecule has 148 valence electrons. The SMILES string of the molecule is CCC=CC1CCC2c3cc(F)cc(F)c3CCC2C1c1ccc(F)c(F)c1. The van der Waals surface area contributed by atoms with E-state index in [1.807, 2.05) is 0 Å². The third-order valence-electron chi connectivity index (χ3n) is 6.52. The van der Waals surface area contributed by atoms with Crippen LogP contribution in [0.2, 0.25) is 0 Å². The zero-order chi connectivity index (χ0) is 19.8. The molecule has 4 atom stereocenters. The van der Waals surface area contributed by atoms with Gasteiger partial charge < -0.3 is 0 Å². The van der Waals surface area contributed by atoms with Crippen LogP contribution in [0.15, 0.2) is 42.5 Å². The first kappa shape index (κ1) is 19.2. The lowest BCUT2D eigenvalue weighted by Crippen LogP contribution is -2.35. The quantitative estimate of drug-likeness (QED) is 0.390. The van der Waals surface area contributed by atoms with Crippen LogP contribution in [0.5, 0.6) is 0 Å². The Bertz CT molecular complexity index is 902. The van der Waals surface area contributed by atoms with Crippen LogP contribution in [-0.4, -0.2) is 0 Å². The number of hydrogen-bond donors (Lipinski definition) is 0. The molecule has 4 rings (SSSR count). The van der Waals surface area contributed by atoms with E-state index in [4.69, 9.17) is 0 Å². The second-order valence-electron chi connectivity index (χ2n) is 8.04. The Morgan fingerprint density at radius 3 is 2.50 bits per heavy atom. The number of fused-ring (bicyclic) bond motifs is 3. The van der Waals surface area contributed by atoms with Crippen LogP contribution in [0.1, 0.15) is 61.1 Å². The van der Waals surface area contributed by atoms with E-state index in [-0.39, 0.29) is 23.7 Å². The van der Waals surface area contributed by atoms with Gasteiger partial charge in [0.2, 0.25) is 0 Å². The standard InChI is InChI=1S/C24H24F4/c1-2-3-4-14-5-7-17-19(24(14)15-6-10-21(26)23(28)11-15)9-8-18-20(17)12-16(25)13-22(18)27/h3-4,6,10-14,17,19,24H,2,5,7-9H2,1H3. The lowest BCUT2D eigenvalue weighted by atomic mass is 9.58. The number of benzene rings is 2. The Kier molecular flexibility index (Phi) is 5.31. The molecule has 2 aliphatic carbocycles. The van der Waals surface area contributed by atoms with Gasteiger partial charge in [0.1, 0.15) is 11.6 Å². The fourth-order valence-electron chi connectivity index (χ4n) is 5.37. The molecule has 1 saturated carbocycles. The third kappa shape index (κ3) is 3.38. The van der Waals surface area contributed by atoms with Gasteiger partial charge in [-0.05, 0) is 90.7 Å². The van der Waals surface area contributed by atoms with E-state index in [9.17, 15) is 17.6 Å². The summed E-state index contributed by atoms with van der Waals surface area (Å²) in [6, 6.07) is 6.59. The molecule has 1 fully saturated rings. The molecule has 0 N–H and O–H groups in total. The summed E-state index contributed by atoms with van der Waals surface area (Å²) < 4.78 is 55.7. The van der Waals surface area contributed by atoms with Gasteiger partial charge in [-0.1, -0.05) is 25.1 Å². The molecule has 0 amide bonds. The zero-order valence-corrected chi connectivity index (χ0v) is 15.9. The zero-order valence-electron chi connectivity index (χ0n) is 15.9. The van der Waals surface area contributed by atoms with E-state index in [0.717, 1.165) is 42.9 Å². The van der Waals surface area contributed by atoms with Crippen molar-refractivity contribution in [2.75, 3.05) is 0 Å². The molecule has 0 aromatic heterocycles. The van der Waals surface area contributed by atoms with E-state index in [1.54, 1.807) is 6.07 Å². The van der Waals surface area contributed by atoms with Crippen LogP contribution in [0.25, 0.3) is 0 Å². The van der Waals surface area contributed by atoms with Crippen LogP contribution < -0.4 is 0 Å². The number of halogens is 4. The maximum absolute atomic E-state index is 14.3. The normalized spacial score (nSPS) is 26.9. The van der Waals surface area contributed by atoms with Crippen molar-refractivity contribution in [2.45, 2.75) is 50.9 Å². The van der Waals surface area contributed by atoms with Crippen LogP contribution >= 0.6 is 0 Å². The maximum Gasteiger partial charge on any atom is 0.159 e. The van der Waals surface area contributed by atoms with Crippen LogP contribution in [0.3, 0.4) is 0 Å². The average molecular weight is 388 g/mol. The van der Waals surface area contributed by atoms with E-state index < -0.39 is 23.3 Å². The summed E-state index contributed by atoms with van der Waals surface area (Å²) in [5.74, 6) is -2.29. The number of allylic oxidation sites excluding steroid dienone is 2. The molecule has 0 nitrogen and oxygen atoms in total. The van der Waals surface area contributed by atoms with Gasteiger partial charge in [0.15, 0.2) is 11.6 Å². The summed E-state index contributed by atoms with van der Waals surface area (Å²) in [6.07, 6.45) is 8.23. The Morgan fingerprint density at radius 1 is 0.929 bits per heavy atom. The fraction of sp³-hybridized carbons (Fsp3) is 0.417. The molecular formula is C24H24F4. The predicted molar refractivity (Wildman–Crippen MR) is 102 cm³/mol. The molecule has 4 heteroatoms. The van der Waals surface area contributed by atoms with Crippen molar-refractivity contribution in [2.24, 2.45) is 11.8 Å². The minimum Gasteiger partial charge on any atom is -0.207 e. The van der Waals surface area contributed by atoms with Gasteiger partial charge in [-0.15, -0.1) is 0 Å². The molecule has 2 aromatic carbocycles. The topological polar surface area (TPSA) is 0 Å². The van der Waals surface area contributed by atoms with Crippen molar-refractivity contribution in [1.82, 2.24) is 0 Å². The highest BCUT2D eigenvalue weighted by molar-refractivity contribution is 5.38. The highest BCUT2D eigenvalue weighted by atomic mass is 19.2. The van der Waals surface area contributed by atoms with Crippen LogP contribution in [0.4, 0.5) is 17.6 Å². The summed E-state index contributed by atoms with van der Waals surface area (Å²) in [7, 11) is 0. The smallest absolute Gasteiger partial charge is 0.159 e. The molecule has 0 spiro atoms. The summed E-state index contributed by atoms with van der Waals surface area (Å²) in [5, 5.41) is 0. The van der Waals surface area contributed by atoms with E-state index in [1.165, 1.54) is 18.2 Å². The minimum atomic E-state index is -0.852. The molecular weight excluding hydrogens is 364 g/mol. The van der Waals surface area contributed by atoms with Crippen molar-refractivity contribution in [1.29, 1.82) is 0 Å². The molecule has 28 heavy (non-hydrogen) atoms. The molecule has 0 heterocycles. The first-order valence-electron chi connectivity index (χ1n) is 10.1. The summed E-state index contributed by atoms with van der Waals surface area (Å²) in [6.45, 7) is 2.07. The van der Waals surface area contributed by atoms with E-state index >= 15 is 0 Å². The Morgan fingerprint density at radius 2 is 1.75 bits per heavy atom.